The van der Waals surface area contributed by atoms with Crippen LogP contribution in [0.4, 0.5) is 4.39 Å². The zero-order valence-electron chi connectivity index (χ0n) is 8.53. The Hall–Kier alpha value is -1.39. The van der Waals surface area contributed by atoms with E-state index in [1.165, 1.54) is 29.1 Å². The Bertz CT molecular complexity index is 613. The van der Waals surface area contributed by atoms with Crippen molar-refractivity contribution in [3.63, 3.8) is 0 Å². The van der Waals surface area contributed by atoms with Crippen LogP contribution in [-0.4, -0.2) is 9.55 Å². The minimum atomic E-state index is -0.515. The second kappa shape index (κ2) is 4.85. The van der Waals surface area contributed by atoms with Crippen molar-refractivity contribution < 1.29 is 4.39 Å². The Kier molecular flexibility index (Phi) is 3.45. The van der Waals surface area contributed by atoms with Gasteiger partial charge in [0.15, 0.2) is 0 Å². The van der Waals surface area contributed by atoms with E-state index in [4.69, 9.17) is 23.2 Å². The summed E-state index contributed by atoms with van der Waals surface area (Å²) in [6.07, 6.45) is 1.30. The molecule has 0 amide bonds. The molecular weight excluding hydrogens is 266 g/mol. The van der Waals surface area contributed by atoms with Crippen molar-refractivity contribution in [1.29, 1.82) is 0 Å². The Morgan fingerprint density at radius 1 is 1.35 bits per heavy atom. The van der Waals surface area contributed by atoms with Gasteiger partial charge in [-0.2, -0.15) is 0 Å². The summed E-state index contributed by atoms with van der Waals surface area (Å²) < 4.78 is 14.5. The highest BCUT2D eigenvalue weighted by Crippen LogP contribution is 2.19. The maximum Gasteiger partial charge on any atom is 0.255 e. The van der Waals surface area contributed by atoms with E-state index in [0.717, 1.165) is 0 Å². The van der Waals surface area contributed by atoms with E-state index in [0.29, 0.717) is 5.56 Å². The molecule has 3 nitrogen and oxygen atoms in total. The monoisotopic (exact) mass is 272 g/mol. The number of benzene rings is 1. The van der Waals surface area contributed by atoms with Crippen molar-refractivity contribution >= 4 is 23.2 Å². The van der Waals surface area contributed by atoms with Gasteiger partial charge in [-0.3, -0.25) is 9.36 Å². The molecule has 1 heterocycles. The first-order valence-electron chi connectivity index (χ1n) is 4.73. The summed E-state index contributed by atoms with van der Waals surface area (Å²) in [6.45, 7) is 0.152. The summed E-state index contributed by atoms with van der Waals surface area (Å²) in [7, 11) is 0. The standard InChI is InChI=1S/C11H7Cl2FN2O/c12-9-4-10(17)16(6-15-9)5-7-2-1-3-8(14)11(7)13/h1-4,6H,5H2. The molecule has 0 aliphatic rings. The first kappa shape index (κ1) is 12.1. The molecule has 6 heteroatoms. The van der Waals surface area contributed by atoms with Crippen molar-refractivity contribution in [2.24, 2.45) is 0 Å². The highest BCUT2D eigenvalue weighted by Gasteiger charge is 2.07. The van der Waals surface area contributed by atoms with E-state index in [1.54, 1.807) is 6.07 Å². The zero-order chi connectivity index (χ0) is 12.4. The van der Waals surface area contributed by atoms with Crippen molar-refractivity contribution in [3.05, 3.63) is 62.5 Å². The zero-order valence-corrected chi connectivity index (χ0v) is 10.0. The lowest BCUT2D eigenvalue weighted by Crippen LogP contribution is -2.20. The number of nitrogens with zero attached hydrogens (tertiary/aromatic N) is 2. The highest BCUT2D eigenvalue weighted by atomic mass is 35.5. The van der Waals surface area contributed by atoms with Gasteiger partial charge in [-0.15, -0.1) is 0 Å². The predicted molar refractivity (Wildman–Crippen MR) is 64.0 cm³/mol. The van der Waals surface area contributed by atoms with Crippen LogP contribution in [0.5, 0.6) is 0 Å². The number of hydrogen-bond acceptors (Lipinski definition) is 2. The molecule has 2 aromatic rings. The van der Waals surface area contributed by atoms with E-state index in [9.17, 15) is 9.18 Å². The van der Waals surface area contributed by atoms with Crippen molar-refractivity contribution in [1.82, 2.24) is 9.55 Å². The summed E-state index contributed by atoms with van der Waals surface area (Å²) in [5.41, 5.74) is 0.197. The van der Waals surface area contributed by atoms with Crippen LogP contribution in [0.25, 0.3) is 0 Å². The van der Waals surface area contributed by atoms with Gasteiger partial charge in [-0.1, -0.05) is 35.3 Å². The summed E-state index contributed by atoms with van der Waals surface area (Å²) in [4.78, 5) is 15.3. The lowest BCUT2D eigenvalue weighted by atomic mass is 10.2. The fourth-order valence-electron chi connectivity index (χ4n) is 1.38. The van der Waals surface area contributed by atoms with E-state index in [1.807, 2.05) is 0 Å². The lowest BCUT2D eigenvalue weighted by molar-refractivity contribution is 0.622. The molecule has 0 N–H and O–H groups in total. The first-order chi connectivity index (χ1) is 8.08. The summed E-state index contributed by atoms with van der Waals surface area (Å²) in [6, 6.07) is 5.63. The Morgan fingerprint density at radius 3 is 2.82 bits per heavy atom. The molecule has 17 heavy (non-hydrogen) atoms. The van der Waals surface area contributed by atoms with E-state index >= 15 is 0 Å². The molecular formula is C11H7Cl2FN2O. The van der Waals surface area contributed by atoms with E-state index in [2.05, 4.69) is 4.98 Å². The van der Waals surface area contributed by atoms with Gasteiger partial charge in [0, 0.05) is 6.07 Å². The smallest absolute Gasteiger partial charge is 0.255 e. The molecule has 2 rings (SSSR count). The largest absolute Gasteiger partial charge is 0.295 e. The molecule has 0 atom stereocenters. The molecule has 0 fully saturated rings. The van der Waals surface area contributed by atoms with Gasteiger partial charge in [0.25, 0.3) is 5.56 Å². The van der Waals surface area contributed by atoms with Crippen molar-refractivity contribution in [3.8, 4) is 0 Å². The first-order valence-corrected chi connectivity index (χ1v) is 5.48. The van der Waals surface area contributed by atoms with Crippen LogP contribution in [0.2, 0.25) is 10.2 Å². The quantitative estimate of drug-likeness (QED) is 0.788. The second-order valence-corrected chi connectivity index (χ2v) is 4.16. The Morgan fingerprint density at radius 2 is 2.12 bits per heavy atom. The molecule has 1 aromatic heterocycles. The van der Waals surface area contributed by atoms with Crippen LogP contribution in [0, 0.1) is 5.82 Å². The van der Waals surface area contributed by atoms with E-state index < -0.39 is 5.82 Å². The van der Waals surface area contributed by atoms with E-state index in [-0.39, 0.29) is 22.3 Å². The third-order valence-corrected chi connectivity index (χ3v) is 2.85. The topological polar surface area (TPSA) is 34.9 Å². The van der Waals surface area contributed by atoms with Gasteiger partial charge < -0.3 is 0 Å². The summed E-state index contributed by atoms with van der Waals surface area (Å²) in [5.74, 6) is -0.515. The highest BCUT2D eigenvalue weighted by molar-refractivity contribution is 6.31. The molecule has 1 aromatic carbocycles. The maximum absolute atomic E-state index is 13.2. The Labute approximate surface area is 106 Å². The number of rotatable bonds is 2. The average Bonchev–Trinajstić information content (AvgIpc) is 2.28. The molecule has 88 valence electrons. The minimum absolute atomic E-state index is 0.00866. The number of halogens is 3. The number of hydrogen-bond donors (Lipinski definition) is 0. The molecule has 0 unspecified atom stereocenters. The fraction of sp³-hybridized carbons (Fsp3) is 0.0909. The van der Waals surface area contributed by atoms with Crippen LogP contribution >= 0.6 is 23.2 Å². The summed E-state index contributed by atoms with van der Waals surface area (Å²) >= 11 is 11.4. The SMILES string of the molecule is O=c1cc(Cl)ncn1Cc1cccc(F)c1Cl. The normalized spacial score (nSPS) is 10.5. The van der Waals surface area contributed by atoms with Crippen molar-refractivity contribution in [2.75, 3.05) is 0 Å². The van der Waals surface area contributed by atoms with Gasteiger partial charge in [-0.25, -0.2) is 9.37 Å². The molecule has 0 radical (unpaired) electrons. The fourth-order valence-corrected chi connectivity index (χ4v) is 1.70. The van der Waals surface area contributed by atoms with Gasteiger partial charge in [0.2, 0.25) is 0 Å². The lowest BCUT2D eigenvalue weighted by Gasteiger charge is -2.07. The predicted octanol–water partition coefficient (Wildman–Crippen LogP) is 2.74. The third-order valence-electron chi connectivity index (χ3n) is 2.22. The van der Waals surface area contributed by atoms with Crippen LogP contribution in [0.1, 0.15) is 5.56 Å². The maximum atomic E-state index is 13.2. The third kappa shape index (κ3) is 2.65. The van der Waals surface area contributed by atoms with Gasteiger partial charge in [0.05, 0.1) is 17.9 Å². The van der Waals surface area contributed by atoms with Gasteiger partial charge >= 0.3 is 0 Å². The minimum Gasteiger partial charge on any atom is -0.295 e. The summed E-state index contributed by atoms with van der Waals surface area (Å²) in [5, 5.41) is 0.130. The molecule has 0 aliphatic carbocycles. The Balaban J connectivity index is 2.38. The number of aromatic nitrogens is 2. The molecule has 0 saturated carbocycles. The van der Waals surface area contributed by atoms with Gasteiger partial charge in [0.1, 0.15) is 11.0 Å². The molecule has 0 saturated heterocycles. The average molecular weight is 273 g/mol. The molecule has 0 bridgehead atoms. The van der Waals surface area contributed by atoms with Crippen LogP contribution in [-0.2, 0) is 6.54 Å². The van der Waals surface area contributed by atoms with Crippen LogP contribution in [0.15, 0.2) is 35.4 Å². The molecule has 0 aliphatic heterocycles. The molecule has 0 spiro atoms. The van der Waals surface area contributed by atoms with Gasteiger partial charge in [-0.05, 0) is 11.6 Å². The van der Waals surface area contributed by atoms with Crippen LogP contribution < -0.4 is 5.56 Å². The second-order valence-electron chi connectivity index (χ2n) is 3.39. The van der Waals surface area contributed by atoms with Crippen LogP contribution in [0.3, 0.4) is 0 Å². The van der Waals surface area contributed by atoms with Crippen molar-refractivity contribution in [2.45, 2.75) is 6.54 Å².